The Morgan fingerprint density at radius 3 is 2.11 bits per heavy atom. The molecular weight excluding hydrogens is 649 g/mol. The quantitative estimate of drug-likeness (QED) is 0.119. The number of phenolic OH excluding ortho intramolecular Hbond substituents is 1. The van der Waals surface area contributed by atoms with Gasteiger partial charge in [0.15, 0.2) is 11.5 Å². The van der Waals surface area contributed by atoms with Crippen LogP contribution in [0.3, 0.4) is 0 Å². The van der Waals surface area contributed by atoms with E-state index in [1.54, 1.807) is 6.07 Å². The van der Waals surface area contributed by atoms with Crippen LogP contribution in [0.5, 0.6) is 5.75 Å². The molecule has 11 rings (SSSR count). The maximum atomic E-state index is 11.2. The van der Waals surface area contributed by atoms with Crippen LogP contribution in [-0.2, 0) is 0 Å². The fraction of sp³-hybridized carbons (Fsp3) is 0. The molecule has 7 heteroatoms. The summed E-state index contributed by atoms with van der Waals surface area (Å²) in [5, 5.41) is 12.3. The summed E-state index contributed by atoms with van der Waals surface area (Å²) in [6, 6.07) is 60.8. The van der Waals surface area contributed by atoms with Gasteiger partial charge in [0.05, 0.1) is 33.5 Å². The second kappa shape index (κ2) is 11.5. The SMILES string of the molecule is Oc1ccccc1-c1nc2c(c3cccc4c3n2-c2cc(-n3[c-][n+](-c5ccccc5)c5ccccc53)ccc2B4c2ccccc2)n1-c1ccccc1. The van der Waals surface area contributed by atoms with Crippen LogP contribution in [-0.4, -0.2) is 30.5 Å². The minimum atomic E-state index is 0.0120. The highest BCUT2D eigenvalue weighted by Gasteiger charge is 2.36. The average Bonchev–Trinajstić information content (AvgIpc) is 3.90. The van der Waals surface area contributed by atoms with Crippen LogP contribution >= 0.6 is 0 Å². The monoisotopic (exact) mass is 679 g/mol. The highest BCUT2D eigenvalue weighted by Crippen LogP contribution is 2.40. The predicted molar refractivity (Wildman–Crippen MR) is 213 cm³/mol. The summed E-state index contributed by atoms with van der Waals surface area (Å²) in [4.78, 5) is 5.44. The second-order valence-electron chi connectivity index (χ2n) is 13.6. The van der Waals surface area contributed by atoms with Gasteiger partial charge in [0.2, 0.25) is 6.71 Å². The standard InChI is InChI=1S/C46H30BN5O/c53-42-26-13-10-21-35(42)45-48-46-44(51(45)33-19-8-3-9-20-33)36-22-14-23-38-43(36)52(46)41-29-34(27-28-37(41)47(38)31-15-4-1-5-16-31)50-30-49(32-17-6-2-7-18-32)39-24-11-12-25-40(39)50/h1-29,53H. The molecule has 0 atom stereocenters. The fourth-order valence-electron chi connectivity index (χ4n) is 8.36. The fourth-order valence-corrected chi connectivity index (χ4v) is 8.36. The number of hydrogen-bond donors (Lipinski definition) is 1. The van der Waals surface area contributed by atoms with Gasteiger partial charge in [-0.05, 0) is 59.5 Å². The molecule has 10 aromatic rings. The van der Waals surface area contributed by atoms with Crippen molar-refractivity contribution < 1.29 is 9.67 Å². The zero-order chi connectivity index (χ0) is 35.0. The lowest BCUT2D eigenvalue weighted by atomic mass is 9.35. The Labute approximate surface area is 305 Å². The minimum absolute atomic E-state index is 0.0120. The zero-order valence-electron chi connectivity index (χ0n) is 28.5. The van der Waals surface area contributed by atoms with Crippen LogP contribution < -0.4 is 21.0 Å². The Kier molecular flexibility index (Phi) is 6.40. The highest BCUT2D eigenvalue weighted by atomic mass is 16.3. The van der Waals surface area contributed by atoms with Crippen molar-refractivity contribution in [2.24, 2.45) is 0 Å². The molecule has 53 heavy (non-hydrogen) atoms. The maximum Gasteiger partial charge on any atom is 0.269 e. The third-order valence-electron chi connectivity index (χ3n) is 10.6. The van der Waals surface area contributed by atoms with E-state index in [0.717, 1.165) is 55.8 Å². The molecule has 1 aliphatic rings. The number of benzene rings is 7. The zero-order valence-corrected chi connectivity index (χ0v) is 28.5. The van der Waals surface area contributed by atoms with Gasteiger partial charge < -0.3 is 5.11 Å². The van der Waals surface area contributed by atoms with Gasteiger partial charge in [-0.2, -0.15) is 0 Å². The molecule has 0 bridgehead atoms. The minimum Gasteiger partial charge on any atom is -0.507 e. The summed E-state index contributed by atoms with van der Waals surface area (Å²) in [5.41, 5.74) is 13.5. The molecule has 4 heterocycles. The molecule has 6 nitrogen and oxygen atoms in total. The first-order valence-corrected chi connectivity index (χ1v) is 17.8. The molecule has 7 aromatic carbocycles. The van der Waals surface area contributed by atoms with Crippen LogP contribution in [0.4, 0.5) is 0 Å². The molecule has 248 valence electrons. The third-order valence-corrected chi connectivity index (χ3v) is 10.6. The summed E-state index contributed by atoms with van der Waals surface area (Å²) in [5.74, 6) is 0.876. The first kappa shape index (κ1) is 29.6. The molecular formula is C46H30BN5O. The van der Waals surface area contributed by atoms with Gasteiger partial charge in [-0.25, -0.2) is 4.98 Å². The number of aromatic nitrogens is 5. The van der Waals surface area contributed by atoms with E-state index in [0.29, 0.717) is 11.4 Å². The Bertz CT molecular complexity index is 3020. The number of hydrogen-bond acceptors (Lipinski definition) is 2. The Balaban J connectivity index is 1.25. The molecule has 0 fully saturated rings. The normalized spacial score (nSPS) is 12.2. The molecule has 0 aliphatic carbocycles. The van der Waals surface area contributed by atoms with Gasteiger partial charge in [0.1, 0.15) is 11.3 Å². The Hall–Kier alpha value is -7.12. The number of phenols is 1. The van der Waals surface area contributed by atoms with Gasteiger partial charge in [-0.1, -0.05) is 133 Å². The second-order valence-corrected chi connectivity index (χ2v) is 13.6. The lowest BCUT2D eigenvalue weighted by Gasteiger charge is -2.27. The summed E-state index contributed by atoms with van der Waals surface area (Å²) in [6.45, 7) is 0.0120. The van der Waals surface area contributed by atoms with E-state index in [1.807, 2.05) is 42.5 Å². The first-order chi connectivity index (χ1) is 26.2. The highest BCUT2D eigenvalue weighted by molar-refractivity contribution is 6.98. The lowest BCUT2D eigenvalue weighted by molar-refractivity contribution is -0.572. The molecule has 0 unspecified atom stereocenters. The third kappa shape index (κ3) is 4.34. The molecule has 1 N–H and O–H groups in total. The van der Waals surface area contributed by atoms with E-state index in [-0.39, 0.29) is 12.5 Å². The largest absolute Gasteiger partial charge is 0.507 e. The van der Waals surface area contributed by atoms with Crippen molar-refractivity contribution in [3.05, 3.63) is 182 Å². The van der Waals surface area contributed by atoms with Gasteiger partial charge in [-0.3, -0.25) is 18.3 Å². The summed E-state index contributed by atoms with van der Waals surface area (Å²) < 4.78 is 8.84. The van der Waals surface area contributed by atoms with Gasteiger partial charge in [0, 0.05) is 16.8 Å². The first-order valence-electron chi connectivity index (χ1n) is 17.8. The van der Waals surface area contributed by atoms with Crippen molar-refractivity contribution in [1.29, 1.82) is 0 Å². The molecule has 0 amide bonds. The van der Waals surface area contributed by atoms with Crippen LogP contribution in [0.2, 0.25) is 0 Å². The number of aromatic hydroxyl groups is 1. The lowest BCUT2D eigenvalue weighted by Crippen LogP contribution is -2.55. The van der Waals surface area contributed by atoms with Crippen molar-refractivity contribution in [2.45, 2.75) is 0 Å². The molecule has 0 radical (unpaired) electrons. The maximum absolute atomic E-state index is 11.2. The van der Waals surface area contributed by atoms with Crippen LogP contribution in [0.15, 0.2) is 176 Å². The van der Waals surface area contributed by atoms with Crippen molar-refractivity contribution in [3.63, 3.8) is 0 Å². The molecule has 0 saturated carbocycles. The predicted octanol–water partition coefficient (Wildman–Crippen LogP) is 7.19. The molecule has 0 saturated heterocycles. The van der Waals surface area contributed by atoms with Crippen molar-refractivity contribution in [3.8, 4) is 39.9 Å². The number of para-hydroxylation sites is 6. The number of nitrogens with zero attached hydrogens (tertiary/aromatic N) is 5. The smallest absolute Gasteiger partial charge is 0.269 e. The van der Waals surface area contributed by atoms with Crippen LogP contribution in [0.25, 0.3) is 67.2 Å². The summed E-state index contributed by atoms with van der Waals surface area (Å²) in [6.07, 6.45) is 3.69. The van der Waals surface area contributed by atoms with E-state index in [9.17, 15) is 5.11 Å². The van der Waals surface area contributed by atoms with E-state index in [2.05, 4.69) is 152 Å². The topological polar surface area (TPSA) is 51.8 Å². The molecule has 3 aromatic heterocycles. The van der Waals surface area contributed by atoms with E-state index >= 15 is 0 Å². The molecule has 1 aliphatic heterocycles. The van der Waals surface area contributed by atoms with Gasteiger partial charge in [-0.15, -0.1) is 0 Å². The van der Waals surface area contributed by atoms with Crippen LogP contribution in [0, 0.1) is 6.33 Å². The average molecular weight is 680 g/mol. The van der Waals surface area contributed by atoms with E-state index < -0.39 is 0 Å². The van der Waals surface area contributed by atoms with Crippen molar-refractivity contribution in [2.75, 3.05) is 0 Å². The Morgan fingerprint density at radius 2 is 1.30 bits per heavy atom. The van der Waals surface area contributed by atoms with Gasteiger partial charge >= 0.3 is 0 Å². The molecule has 0 spiro atoms. The summed E-state index contributed by atoms with van der Waals surface area (Å²) in [7, 11) is 0. The van der Waals surface area contributed by atoms with Gasteiger partial charge in [0.25, 0.3) is 6.33 Å². The van der Waals surface area contributed by atoms with Crippen molar-refractivity contribution in [1.82, 2.24) is 18.7 Å². The van der Waals surface area contributed by atoms with Crippen molar-refractivity contribution >= 4 is 56.2 Å². The summed E-state index contributed by atoms with van der Waals surface area (Å²) >= 11 is 0. The van der Waals surface area contributed by atoms with E-state index in [4.69, 9.17) is 4.98 Å². The number of imidazole rings is 2. The number of rotatable bonds is 5. The van der Waals surface area contributed by atoms with E-state index in [1.165, 1.54) is 16.4 Å². The number of fused-ring (bicyclic) bond motifs is 6. The Morgan fingerprint density at radius 1 is 0.585 bits per heavy atom. The van der Waals surface area contributed by atoms with Crippen LogP contribution in [0.1, 0.15) is 0 Å².